The second-order valence-electron chi connectivity index (χ2n) is 9.21. The predicted octanol–water partition coefficient (Wildman–Crippen LogP) is 8.49. The van der Waals surface area contributed by atoms with E-state index in [0.717, 1.165) is 6.54 Å². The largest absolute Gasteiger partial charge is 0.356 e. The third-order valence-electron chi connectivity index (χ3n) is 6.51. The summed E-state index contributed by atoms with van der Waals surface area (Å²) in [5.74, 6) is 0. The lowest BCUT2D eigenvalue weighted by molar-refractivity contribution is 0.132. The summed E-state index contributed by atoms with van der Waals surface area (Å²) in [5, 5.41) is 0. The maximum Gasteiger partial charge on any atom is 0.101 e. The van der Waals surface area contributed by atoms with Gasteiger partial charge in [0.15, 0.2) is 0 Å². The summed E-state index contributed by atoms with van der Waals surface area (Å²) in [7, 11) is 0. The van der Waals surface area contributed by atoms with Crippen molar-refractivity contribution in [3.63, 3.8) is 0 Å². The van der Waals surface area contributed by atoms with Crippen molar-refractivity contribution in [3.05, 3.63) is 48.3 Å². The molecule has 170 valence electrons. The van der Waals surface area contributed by atoms with Gasteiger partial charge in [0.1, 0.15) is 6.17 Å². The molecule has 0 N–H and O–H groups in total. The second-order valence-corrected chi connectivity index (χ2v) is 9.21. The van der Waals surface area contributed by atoms with Gasteiger partial charge in [0.2, 0.25) is 0 Å². The number of unbranched alkanes of at least 4 members (excludes halogenated alkanes) is 12. The molecule has 2 nitrogen and oxygen atoms in total. The molecule has 0 saturated carbocycles. The van der Waals surface area contributed by atoms with Crippen molar-refractivity contribution < 1.29 is 0 Å². The Hall–Kier alpha value is -1.44. The van der Waals surface area contributed by atoms with Crippen molar-refractivity contribution in [3.8, 4) is 0 Å². The summed E-state index contributed by atoms with van der Waals surface area (Å²) in [6, 6.07) is 10.9. The Morgan fingerprint density at radius 3 is 1.73 bits per heavy atom. The third-order valence-corrected chi connectivity index (χ3v) is 6.51. The van der Waals surface area contributed by atoms with E-state index in [-0.39, 0.29) is 0 Å². The van der Waals surface area contributed by atoms with Gasteiger partial charge in [-0.25, -0.2) is 0 Å². The molecule has 0 spiro atoms. The van der Waals surface area contributed by atoms with Gasteiger partial charge < -0.3 is 9.80 Å². The Labute approximate surface area is 187 Å². The minimum absolute atomic E-state index is 0.555. The van der Waals surface area contributed by atoms with Crippen LogP contribution in [0, 0.1) is 0 Å². The van der Waals surface area contributed by atoms with Crippen LogP contribution in [-0.2, 0) is 6.54 Å². The zero-order valence-corrected chi connectivity index (χ0v) is 20.0. The van der Waals surface area contributed by atoms with Crippen molar-refractivity contribution in [1.29, 1.82) is 0 Å². The molecule has 0 saturated heterocycles. The van der Waals surface area contributed by atoms with Crippen LogP contribution < -0.4 is 0 Å². The maximum atomic E-state index is 2.59. The fourth-order valence-corrected chi connectivity index (χ4v) is 4.58. The summed E-state index contributed by atoms with van der Waals surface area (Å²) < 4.78 is 0. The summed E-state index contributed by atoms with van der Waals surface area (Å²) >= 11 is 0. The van der Waals surface area contributed by atoms with Gasteiger partial charge in [0.25, 0.3) is 0 Å². The Bertz CT molecular complexity index is 539. The first-order valence-electron chi connectivity index (χ1n) is 13.1. The predicted molar refractivity (Wildman–Crippen MR) is 132 cm³/mol. The van der Waals surface area contributed by atoms with Gasteiger partial charge in [-0.15, -0.1) is 0 Å². The van der Waals surface area contributed by atoms with Crippen molar-refractivity contribution >= 4 is 0 Å². The highest BCUT2D eigenvalue weighted by atomic mass is 15.4. The van der Waals surface area contributed by atoms with Gasteiger partial charge in [0, 0.05) is 25.5 Å². The fourth-order valence-electron chi connectivity index (χ4n) is 4.58. The standard InChI is InChI=1S/C28H48N2/c1-3-5-7-8-9-10-11-12-13-14-15-19-22-28-29(23-6-4-2)24-25-30(28)26-27-20-17-16-18-21-27/h16-18,20-21,24-25,28H,3-15,19,22-23,26H2,1-2H3. The zero-order valence-electron chi connectivity index (χ0n) is 20.0. The van der Waals surface area contributed by atoms with E-state index in [1.807, 2.05) is 0 Å². The summed E-state index contributed by atoms with van der Waals surface area (Å²) in [6.45, 7) is 6.82. The topological polar surface area (TPSA) is 6.48 Å². The van der Waals surface area contributed by atoms with Crippen LogP contribution in [0.3, 0.4) is 0 Å². The van der Waals surface area contributed by atoms with Crippen LogP contribution in [0.25, 0.3) is 0 Å². The van der Waals surface area contributed by atoms with E-state index in [4.69, 9.17) is 0 Å². The lowest BCUT2D eigenvalue weighted by atomic mass is 10.0. The highest BCUT2D eigenvalue weighted by molar-refractivity contribution is 5.15. The first kappa shape index (κ1) is 24.8. The normalized spacial score (nSPS) is 16.0. The molecule has 0 bridgehead atoms. The molecule has 0 radical (unpaired) electrons. The molecule has 1 atom stereocenters. The Balaban J connectivity index is 1.60. The SMILES string of the molecule is CCCCCCCCCCCCCCC1N(CCCC)C=CN1Cc1ccccc1. The lowest BCUT2D eigenvalue weighted by Gasteiger charge is -2.33. The van der Waals surface area contributed by atoms with Crippen molar-refractivity contribution in [1.82, 2.24) is 9.80 Å². The van der Waals surface area contributed by atoms with E-state index in [1.165, 1.54) is 108 Å². The van der Waals surface area contributed by atoms with Gasteiger partial charge in [-0.1, -0.05) is 121 Å². The van der Waals surface area contributed by atoms with Crippen molar-refractivity contribution in [2.75, 3.05) is 6.54 Å². The molecular weight excluding hydrogens is 364 g/mol. The third kappa shape index (κ3) is 10.0. The first-order chi connectivity index (χ1) is 14.8. The summed E-state index contributed by atoms with van der Waals surface area (Å²) in [6.07, 6.45) is 26.2. The number of hydrogen-bond donors (Lipinski definition) is 0. The fraction of sp³-hybridized carbons (Fsp3) is 0.714. The molecule has 2 heteroatoms. The molecule has 0 amide bonds. The minimum Gasteiger partial charge on any atom is -0.356 e. The molecule has 2 rings (SSSR count). The molecule has 0 fully saturated rings. The highest BCUT2D eigenvalue weighted by Crippen LogP contribution is 2.24. The van der Waals surface area contributed by atoms with Gasteiger partial charge in [-0.05, 0) is 24.8 Å². The van der Waals surface area contributed by atoms with Crippen LogP contribution in [0.4, 0.5) is 0 Å². The molecule has 1 aliphatic rings. The molecule has 1 heterocycles. The smallest absolute Gasteiger partial charge is 0.101 e. The van der Waals surface area contributed by atoms with Crippen molar-refractivity contribution in [2.24, 2.45) is 0 Å². The first-order valence-corrected chi connectivity index (χ1v) is 13.1. The van der Waals surface area contributed by atoms with E-state index in [0.29, 0.717) is 6.17 Å². The number of nitrogens with zero attached hydrogens (tertiary/aromatic N) is 2. The maximum absolute atomic E-state index is 2.59. The quantitative estimate of drug-likeness (QED) is 0.223. The molecule has 30 heavy (non-hydrogen) atoms. The number of rotatable bonds is 18. The van der Waals surface area contributed by atoms with E-state index in [1.54, 1.807) is 0 Å². The average molecular weight is 413 g/mol. The van der Waals surface area contributed by atoms with Crippen LogP contribution in [0.5, 0.6) is 0 Å². The second kappa shape index (κ2) is 16.3. The van der Waals surface area contributed by atoms with E-state index >= 15 is 0 Å². The molecule has 1 aromatic rings. The van der Waals surface area contributed by atoms with Crippen LogP contribution in [-0.4, -0.2) is 22.5 Å². The average Bonchev–Trinajstić information content (AvgIpc) is 3.15. The molecule has 0 aromatic heterocycles. The Kier molecular flexibility index (Phi) is 13.5. The summed E-state index contributed by atoms with van der Waals surface area (Å²) in [5.41, 5.74) is 1.42. The molecule has 0 aliphatic carbocycles. The molecular formula is C28H48N2. The number of benzene rings is 1. The van der Waals surface area contributed by atoms with Crippen LogP contribution in [0.1, 0.15) is 116 Å². The Morgan fingerprint density at radius 2 is 1.13 bits per heavy atom. The van der Waals surface area contributed by atoms with E-state index < -0.39 is 0 Å². The number of hydrogen-bond acceptors (Lipinski definition) is 2. The monoisotopic (exact) mass is 412 g/mol. The highest BCUT2D eigenvalue weighted by Gasteiger charge is 2.25. The zero-order chi connectivity index (χ0) is 21.3. The van der Waals surface area contributed by atoms with Crippen LogP contribution >= 0.6 is 0 Å². The van der Waals surface area contributed by atoms with Crippen LogP contribution in [0.2, 0.25) is 0 Å². The van der Waals surface area contributed by atoms with E-state index in [9.17, 15) is 0 Å². The lowest BCUT2D eigenvalue weighted by Crippen LogP contribution is -2.38. The van der Waals surface area contributed by atoms with Gasteiger partial charge in [-0.3, -0.25) is 0 Å². The van der Waals surface area contributed by atoms with Gasteiger partial charge in [0.05, 0.1) is 0 Å². The summed E-state index contributed by atoms with van der Waals surface area (Å²) in [4.78, 5) is 5.15. The Morgan fingerprint density at radius 1 is 0.600 bits per heavy atom. The van der Waals surface area contributed by atoms with Gasteiger partial charge in [-0.2, -0.15) is 0 Å². The minimum atomic E-state index is 0.555. The van der Waals surface area contributed by atoms with Crippen LogP contribution in [0.15, 0.2) is 42.7 Å². The molecule has 1 aliphatic heterocycles. The van der Waals surface area contributed by atoms with Gasteiger partial charge >= 0.3 is 0 Å². The van der Waals surface area contributed by atoms with Crippen molar-refractivity contribution in [2.45, 2.75) is 123 Å². The molecule has 1 unspecified atom stereocenters. The molecule has 1 aromatic carbocycles. The van der Waals surface area contributed by atoms with E-state index in [2.05, 4.69) is 66.4 Å².